The summed E-state index contributed by atoms with van der Waals surface area (Å²) in [6.07, 6.45) is 8.12. The highest BCUT2D eigenvalue weighted by atomic mass is 32.2. The topological polar surface area (TPSA) is 84.9 Å². The zero-order valence-electron chi connectivity index (χ0n) is 20.7. The van der Waals surface area contributed by atoms with E-state index in [2.05, 4.69) is 17.4 Å². The maximum Gasteiger partial charge on any atom is 0.245 e. The first-order valence-electron chi connectivity index (χ1n) is 13.1. The number of carbonyl (C=O) groups excluding carboxylic acids is 1. The number of benzene rings is 2. The Morgan fingerprint density at radius 2 is 1.56 bits per heavy atom. The van der Waals surface area contributed by atoms with Gasteiger partial charge in [0.05, 0.1) is 11.4 Å². The van der Waals surface area contributed by atoms with Crippen LogP contribution in [0, 0.1) is 17.8 Å². The lowest BCUT2D eigenvalue weighted by Crippen LogP contribution is -2.48. The Morgan fingerprint density at radius 1 is 0.944 bits per heavy atom. The molecule has 5 aliphatic rings. The van der Waals surface area contributed by atoms with Gasteiger partial charge < -0.3 is 14.8 Å². The van der Waals surface area contributed by atoms with Crippen molar-refractivity contribution in [3.05, 3.63) is 48.0 Å². The van der Waals surface area contributed by atoms with Crippen molar-refractivity contribution < 1.29 is 22.7 Å². The van der Waals surface area contributed by atoms with Gasteiger partial charge >= 0.3 is 0 Å². The molecule has 192 valence electrons. The number of anilines is 2. The predicted molar refractivity (Wildman–Crippen MR) is 139 cm³/mol. The molecule has 4 aliphatic carbocycles. The van der Waals surface area contributed by atoms with Gasteiger partial charge in [0.25, 0.3) is 0 Å². The number of nitrogens with one attached hydrogen (secondary N) is 1. The van der Waals surface area contributed by atoms with E-state index in [1.165, 1.54) is 44.1 Å². The maximum atomic E-state index is 13.0. The lowest BCUT2D eigenvalue weighted by Gasteiger charge is -2.57. The van der Waals surface area contributed by atoms with Crippen LogP contribution in [0.5, 0.6) is 11.5 Å². The number of ether oxygens (including phenoxy) is 2. The van der Waals surface area contributed by atoms with Crippen molar-refractivity contribution >= 4 is 27.3 Å². The van der Waals surface area contributed by atoms with Crippen molar-refractivity contribution in [3.63, 3.8) is 0 Å². The quantitative estimate of drug-likeness (QED) is 0.583. The van der Waals surface area contributed by atoms with E-state index in [9.17, 15) is 13.2 Å². The van der Waals surface area contributed by atoms with Crippen LogP contribution in [0.25, 0.3) is 0 Å². The van der Waals surface area contributed by atoms with Gasteiger partial charge in [-0.25, -0.2) is 8.42 Å². The first-order chi connectivity index (χ1) is 17.3. The fourth-order valence-electron chi connectivity index (χ4n) is 7.40. The van der Waals surface area contributed by atoms with Gasteiger partial charge in [0.15, 0.2) is 11.5 Å². The van der Waals surface area contributed by atoms with Crippen molar-refractivity contribution in [3.8, 4) is 11.5 Å². The summed E-state index contributed by atoms with van der Waals surface area (Å²) in [6, 6.07) is 13.2. The van der Waals surface area contributed by atoms with E-state index in [-0.39, 0.29) is 18.2 Å². The smallest absolute Gasteiger partial charge is 0.245 e. The fourth-order valence-corrected chi connectivity index (χ4v) is 8.46. The van der Waals surface area contributed by atoms with Crippen LogP contribution in [0.1, 0.15) is 51.0 Å². The molecule has 8 heteroatoms. The molecule has 7 nitrogen and oxygen atoms in total. The number of carbonyl (C=O) groups is 1. The highest BCUT2D eigenvalue weighted by Gasteiger charge is 2.51. The van der Waals surface area contributed by atoms with Crippen LogP contribution in [-0.2, 0) is 20.2 Å². The van der Waals surface area contributed by atoms with Crippen LogP contribution < -0.4 is 19.1 Å². The molecule has 0 atom stereocenters. The van der Waals surface area contributed by atoms with Gasteiger partial charge in [-0.2, -0.15) is 0 Å². The molecular weight excluding hydrogens is 476 g/mol. The standard InChI is InChI=1S/C28H34N2O5S/c1-2-36(32,33)30(24-7-8-25-26(14-24)35-10-9-34-25)18-27(31)29-23-5-3-22(4-6-23)28-15-19-11-20(16-28)13-21(12-19)17-28/h3-8,14,19-21H,2,9-13,15-18H2,1H3,(H,29,31). The van der Waals surface area contributed by atoms with Gasteiger partial charge in [0.2, 0.25) is 15.9 Å². The number of nitrogens with zero attached hydrogens (tertiary/aromatic N) is 1. The molecule has 36 heavy (non-hydrogen) atoms. The van der Waals surface area contributed by atoms with E-state index in [1.54, 1.807) is 25.1 Å². The van der Waals surface area contributed by atoms with Gasteiger partial charge in [-0.05, 0) is 98.4 Å². The Balaban J connectivity index is 1.17. The minimum absolute atomic E-state index is 0.117. The first-order valence-corrected chi connectivity index (χ1v) is 14.7. The minimum atomic E-state index is -3.68. The molecule has 2 aromatic rings. The Labute approximate surface area is 213 Å². The molecule has 1 aliphatic heterocycles. The van der Waals surface area contributed by atoms with E-state index in [0.717, 1.165) is 22.1 Å². The summed E-state index contributed by atoms with van der Waals surface area (Å²) >= 11 is 0. The Bertz CT molecular complexity index is 1220. The van der Waals surface area contributed by atoms with Crippen molar-refractivity contribution in [1.29, 1.82) is 0 Å². The van der Waals surface area contributed by atoms with Crippen molar-refractivity contribution in [1.82, 2.24) is 0 Å². The lowest BCUT2D eigenvalue weighted by atomic mass is 9.48. The number of fused-ring (bicyclic) bond motifs is 1. The molecule has 4 saturated carbocycles. The Hall–Kier alpha value is -2.74. The summed E-state index contributed by atoms with van der Waals surface area (Å²) in [6.45, 7) is 2.11. The molecule has 7 rings (SSSR count). The third-order valence-corrected chi connectivity index (χ3v) is 10.4. The summed E-state index contributed by atoms with van der Waals surface area (Å²) in [7, 11) is -3.68. The number of hydrogen-bond donors (Lipinski definition) is 1. The molecule has 2 aromatic carbocycles. The van der Waals surface area contributed by atoms with E-state index in [1.807, 2.05) is 12.1 Å². The van der Waals surface area contributed by atoms with Gasteiger partial charge in [-0.3, -0.25) is 9.10 Å². The normalized spacial score (nSPS) is 28.1. The number of rotatable bonds is 7. The highest BCUT2D eigenvalue weighted by molar-refractivity contribution is 7.92. The highest BCUT2D eigenvalue weighted by Crippen LogP contribution is 2.60. The maximum absolute atomic E-state index is 13.0. The zero-order valence-corrected chi connectivity index (χ0v) is 21.6. The van der Waals surface area contributed by atoms with E-state index < -0.39 is 10.0 Å². The Kier molecular flexibility index (Phi) is 5.90. The average molecular weight is 511 g/mol. The molecule has 0 spiro atoms. The van der Waals surface area contributed by atoms with Crippen molar-refractivity contribution in [2.75, 3.05) is 35.1 Å². The molecule has 0 unspecified atom stereocenters. The molecule has 0 aromatic heterocycles. The molecule has 0 radical (unpaired) electrons. The van der Waals surface area contributed by atoms with E-state index >= 15 is 0 Å². The summed E-state index contributed by atoms with van der Waals surface area (Å²) < 4.78 is 38.1. The first kappa shape index (κ1) is 23.6. The van der Waals surface area contributed by atoms with Crippen molar-refractivity contribution in [2.24, 2.45) is 17.8 Å². The summed E-state index contributed by atoms with van der Waals surface area (Å²) in [5.74, 6) is 3.18. The molecular formula is C28H34N2O5S. The van der Waals surface area contributed by atoms with Gasteiger partial charge in [0, 0.05) is 11.8 Å². The van der Waals surface area contributed by atoms with Crippen LogP contribution in [0.3, 0.4) is 0 Å². The molecule has 0 saturated heterocycles. The molecule has 4 fully saturated rings. The van der Waals surface area contributed by atoms with Crippen molar-refractivity contribution in [2.45, 2.75) is 50.9 Å². The largest absolute Gasteiger partial charge is 0.486 e. The molecule has 4 bridgehead atoms. The monoisotopic (exact) mass is 510 g/mol. The summed E-state index contributed by atoms with van der Waals surface area (Å²) in [5.41, 5.74) is 2.77. The molecule has 1 amide bonds. The summed E-state index contributed by atoms with van der Waals surface area (Å²) in [4.78, 5) is 13.0. The van der Waals surface area contributed by atoms with E-state index in [0.29, 0.717) is 41.5 Å². The molecule has 1 N–H and O–H groups in total. The minimum Gasteiger partial charge on any atom is -0.486 e. The predicted octanol–water partition coefficient (Wildman–Crippen LogP) is 4.72. The molecule has 1 heterocycles. The SMILES string of the molecule is CCS(=O)(=O)N(CC(=O)Nc1ccc(C23CC4CC(CC(C4)C2)C3)cc1)c1ccc2c(c1)OCCO2. The average Bonchev–Trinajstić information content (AvgIpc) is 2.86. The second kappa shape index (κ2) is 8.98. The van der Waals surface area contributed by atoms with Crippen LogP contribution in [0.15, 0.2) is 42.5 Å². The third kappa shape index (κ3) is 4.33. The fraction of sp³-hybridized carbons (Fsp3) is 0.536. The third-order valence-electron chi connectivity index (χ3n) is 8.62. The zero-order chi connectivity index (χ0) is 24.9. The lowest BCUT2D eigenvalue weighted by molar-refractivity contribution is -0.114. The number of hydrogen-bond acceptors (Lipinski definition) is 5. The second-order valence-electron chi connectivity index (χ2n) is 11.1. The van der Waals surface area contributed by atoms with Gasteiger partial charge in [-0.15, -0.1) is 0 Å². The summed E-state index contributed by atoms with van der Waals surface area (Å²) in [5, 5.41) is 2.90. The Morgan fingerprint density at radius 3 is 2.17 bits per heavy atom. The van der Waals surface area contributed by atoms with Gasteiger partial charge in [-0.1, -0.05) is 12.1 Å². The second-order valence-corrected chi connectivity index (χ2v) is 13.2. The van der Waals surface area contributed by atoms with Crippen LogP contribution >= 0.6 is 0 Å². The number of amides is 1. The van der Waals surface area contributed by atoms with Gasteiger partial charge in [0.1, 0.15) is 19.8 Å². The van der Waals surface area contributed by atoms with Crippen LogP contribution in [0.2, 0.25) is 0 Å². The number of sulfonamides is 1. The van der Waals surface area contributed by atoms with Crippen LogP contribution in [0.4, 0.5) is 11.4 Å². The van der Waals surface area contributed by atoms with E-state index in [4.69, 9.17) is 9.47 Å². The van der Waals surface area contributed by atoms with Crippen LogP contribution in [-0.4, -0.2) is 39.8 Å².